The highest BCUT2D eigenvalue weighted by molar-refractivity contribution is 7.92. The zero-order valence-corrected chi connectivity index (χ0v) is 16.9. The number of benzene rings is 3. The second kappa shape index (κ2) is 7.79. The van der Waals surface area contributed by atoms with Gasteiger partial charge in [-0.15, -0.1) is 0 Å². The maximum absolute atomic E-state index is 14.1. The SMILES string of the molecule is COc1cccc(NC(=O)c2ccc3c(c2)N(S(=O)(=O)c2ccccc2F)CC3)c1. The molecule has 1 heterocycles. The first kappa shape index (κ1) is 19.9. The van der Waals surface area contributed by atoms with Crippen LogP contribution in [0.3, 0.4) is 0 Å². The van der Waals surface area contributed by atoms with Gasteiger partial charge in [-0.2, -0.15) is 0 Å². The lowest BCUT2D eigenvalue weighted by atomic mass is 10.1. The molecule has 1 N–H and O–H groups in total. The van der Waals surface area contributed by atoms with Crippen molar-refractivity contribution in [1.82, 2.24) is 0 Å². The number of fused-ring (bicyclic) bond motifs is 1. The molecule has 1 amide bonds. The van der Waals surface area contributed by atoms with Crippen molar-refractivity contribution in [2.75, 3.05) is 23.3 Å². The summed E-state index contributed by atoms with van der Waals surface area (Å²) in [5.74, 6) is -0.594. The quantitative estimate of drug-likeness (QED) is 0.673. The van der Waals surface area contributed by atoms with Crippen LogP contribution in [-0.2, 0) is 16.4 Å². The average molecular weight is 426 g/mol. The number of carbonyl (C=O) groups excluding carboxylic acids is 1. The smallest absolute Gasteiger partial charge is 0.267 e. The van der Waals surface area contributed by atoms with Crippen molar-refractivity contribution in [3.05, 3.63) is 83.7 Å². The highest BCUT2D eigenvalue weighted by Gasteiger charge is 2.33. The topological polar surface area (TPSA) is 75.7 Å². The standard InChI is InChI=1S/C22H19FN2O4S/c1-29-18-6-4-5-17(14-18)24-22(26)16-10-9-15-11-12-25(20(15)13-16)30(27,28)21-8-3-2-7-19(21)23/h2-10,13-14H,11-12H2,1H3,(H,24,26). The maximum atomic E-state index is 14.1. The van der Waals surface area contributed by atoms with Crippen LogP contribution in [0.25, 0.3) is 0 Å². The van der Waals surface area contributed by atoms with Crippen LogP contribution in [0.15, 0.2) is 71.6 Å². The number of anilines is 2. The van der Waals surface area contributed by atoms with E-state index in [4.69, 9.17) is 4.74 Å². The van der Waals surface area contributed by atoms with E-state index in [2.05, 4.69) is 5.32 Å². The molecule has 0 radical (unpaired) electrons. The van der Waals surface area contributed by atoms with Gasteiger partial charge in [0.05, 0.1) is 12.8 Å². The first-order valence-electron chi connectivity index (χ1n) is 9.26. The van der Waals surface area contributed by atoms with Crippen molar-refractivity contribution < 1.29 is 22.3 Å². The monoisotopic (exact) mass is 426 g/mol. The summed E-state index contributed by atoms with van der Waals surface area (Å²) in [5, 5.41) is 2.77. The predicted molar refractivity (Wildman–Crippen MR) is 112 cm³/mol. The number of hydrogen-bond acceptors (Lipinski definition) is 4. The second-order valence-electron chi connectivity index (χ2n) is 6.79. The van der Waals surface area contributed by atoms with Crippen LogP contribution in [-0.4, -0.2) is 28.0 Å². The van der Waals surface area contributed by atoms with Crippen LogP contribution in [0.4, 0.5) is 15.8 Å². The summed E-state index contributed by atoms with van der Waals surface area (Å²) < 4.78 is 46.5. The van der Waals surface area contributed by atoms with Gasteiger partial charge in [-0.1, -0.05) is 24.3 Å². The first-order chi connectivity index (χ1) is 14.4. The third kappa shape index (κ3) is 3.61. The molecule has 1 aliphatic heterocycles. The zero-order valence-electron chi connectivity index (χ0n) is 16.1. The van der Waals surface area contributed by atoms with E-state index in [1.807, 2.05) is 0 Å². The highest BCUT2D eigenvalue weighted by atomic mass is 32.2. The fourth-order valence-corrected chi connectivity index (χ4v) is 4.98. The number of amides is 1. The lowest BCUT2D eigenvalue weighted by molar-refractivity contribution is 0.102. The van der Waals surface area contributed by atoms with Gasteiger partial charge < -0.3 is 10.1 Å². The van der Waals surface area contributed by atoms with Gasteiger partial charge in [0.15, 0.2) is 0 Å². The summed E-state index contributed by atoms with van der Waals surface area (Å²) >= 11 is 0. The van der Waals surface area contributed by atoms with Crippen molar-refractivity contribution in [3.63, 3.8) is 0 Å². The highest BCUT2D eigenvalue weighted by Crippen LogP contribution is 2.34. The molecule has 8 heteroatoms. The van der Waals surface area contributed by atoms with E-state index in [1.54, 1.807) is 36.4 Å². The number of nitrogens with zero attached hydrogens (tertiary/aromatic N) is 1. The van der Waals surface area contributed by atoms with Gasteiger partial charge in [-0.25, -0.2) is 12.8 Å². The van der Waals surface area contributed by atoms with E-state index in [-0.39, 0.29) is 17.3 Å². The molecule has 4 rings (SSSR count). The van der Waals surface area contributed by atoms with Crippen LogP contribution >= 0.6 is 0 Å². The van der Waals surface area contributed by atoms with Crippen molar-refractivity contribution in [3.8, 4) is 5.75 Å². The number of methoxy groups -OCH3 is 1. The molecule has 3 aromatic rings. The fourth-order valence-electron chi connectivity index (χ4n) is 3.42. The number of halogens is 1. The van der Waals surface area contributed by atoms with E-state index < -0.39 is 15.8 Å². The molecule has 154 valence electrons. The summed E-state index contributed by atoms with van der Waals surface area (Å²) in [6.07, 6.45) is 0.487. The Morgan fingerprint density at radius 2 is 1.87 bits per heavy atom. The molecule has 0 aromatic heterocycles. The number of ether oxygens (including phenoxy) is 1. The molecule has 30 heavy (non-hydrogen) atoms. The second-order valence-corrected chi connectivity index (χ2v) is 8.62. The number of carbonyl (C=O) groups is 1. The lowest BCUT2D eigenvalue weighted by Gasteiger charge is -2.20. The minimum Gasteiger partial charge on any atom is -0.497 e. The molecule has 0 saturated heterocycles. The van der Waals surface area contributed by atoms with Crippen LogP contribution < -0.4 is 14.4 Å². The van der Waals surface area contributed by atoms with Crippen LogP contribution in [0.2, 0.25) is 0 Å². The molecule has 0 saturated carbocycles. The van der Waals surface area contributed by atoms with E-state index >= 15 is 0 Å². The predicted octanol–water partition coefficient (Wildman–Crippen LogP) is 3.84. The third-order valence-corrected chi connectivity index (χ3v) is 6.78. The third-order valence-electron chi connectivity index (χ3n) is 4.93. The zero-order chi connectivity index (χ0) is 21.3. The number of nitrogens with one attached hydrogen (secondary N) is 1. The Morgan fingerprint density at radius 3 is 2.63 bits per heavy atom. The Bertz CT molecular complexity index is 1230. The van der Waals surface area contributed by atoms with Gasteiger partial charge in [0.1, 0.15) is 16.5 Å². The van der Waals surface area contributed by atoms with Gasteiger partial charge in [0.25, 0.3) is 15.9 Å². The molecular formula is C22H19FN2O4S. The van der Waals surface area contributed by atoms with Crippen LogP contribution in [0, 0.1) is 5.82 Å². The van der Waals surface area contributed by atoms with Crippen molar-refractivity contribution in [1.29, 1.82) is 0 Å². The molecule has 1 aliphatic rings. The molecule has 6 nitrogen and oxygen atoms in total. The molecule has 0 atom stereocenters. The molecule has 3 aromatic carbocycles. The Kier molecular flexibility index (Phi) is 5.17. The molecule has 0 unspecified atom stereocenters. The molecule has 0 bridgehead atoms. The Hall–Kier alpha value is -3.39. The Balaban J connectivity index is 1.65. The number of sulfonamides is 1. The van der Waals surface area contributed by atoms with Gasteiger partial charge in [-0.05, 0) is 48.4 Å². The summed E-state index contributed by atoms with van der Waals surface area (Å²) in [7, 11) is -2.55. The summed E-state index contributed by atoms with van der Waals surface area (Å²) in [6, 6.07) is 17.1. The molecular weight excluding hydrogens is 407 g/mol. The maximum Gasteiger partial charge on any atom is 0.267 e. The molecule has 0 aliphatic carbocycles. The van der Waals surface area contributed by atoms with Gasteiger partial charge in [0, 0.05) is 23.9 Å². The van der Waals surface area contributed by atoms with Gasteiger partial charge in [-0.3, -0.25) is 9.10 Å². The van der Waals surface area contributed by atoms with Crippen LogP contribution in [0.5, 0.6) is 5.75 Å². The normalized spacial score (nSPS) is 13.1. The van der Waals surface area contributed by atoms with E-state index in [9.17, 15) is 17.6 Å². The minimum atomic E-state index is -4.08. The minimum absolute atomic E-state index is 0.187. The lowest BCUT2D eigenvalue weighted by Crippen LogP contribution is -2.30. The number of rotatable bonds is 5. The number of hydrogen-bond donors (Lipinski definition) is 1. The Morgan fingerprint density at radius 1 is 1.07 bits per heavy atom. The van der Waals surface area contributed by atoms with Crippen molar-refractivity contribution >= 4 is 27.3 Å². The fraction of sp³-hybridized carbons (Fsp3) is 0.136. The average Bonchev–Trinajstić information content (AvgIpc) is 3.18. The first-order valence-corrected chi connectivity index (χ1v) is 10.7. The summed E-state index contributed by atoms with van der Waals surface area (Å²) in [6.45, 7) is 0.187. The molecule has 0 fully saturated rings. The van der Waals surface area contributed by atoms with Crippen molar-refractivity contribution in [2.45, 2.75) is 11.3 Å². The van der Waals surface area contributed by atoms with Gasteiger partial charge >= 0.3 is 0 Å². The summed E-state index contributed by atoms with van der Waals surface area (Å²) in [5.41, 5.74) is 2.02. The van der Waals surface area contributed by atoms with Crippen LogP contribution in [0.1, 0.15) is 15.9 Å². The summed E-state index contributed by atoms with van der Waals surface area (Å²) in [4.78, 5) is 12.3. The van der Waals surface area contributed by atoms with E-state index in [1.165, 1.54) is 31.4 Å². The van der Waals surface area contributed by atoms with Gasteiger partial charge in [0.2, 0.25) is 0 Å². The largest absolute Gasteiger partial charge is 0.497 e. The molecule has 0 spiro atoms. The van der Waals surface area contributed by atoms with E-state index in [0.29, 0.717) is 29.1 Å². The van der Waals surface area contributed by atoms with Crippen molar-refractivity contribution in [2.24, 2.45) is 0 Å². The Labute approximate surface area is 174 Å². The van der Waals surface area contributed by atoms with E-state index in [0.717, 1.165) is 15.9 Å².